The van der Waals surface area contributed by atoms with E-state index in [0.717, 1.165) is 13.0 Å². The summed E-state index contributed by atoms with van der Waals surface area (Å²) in [4.78, 5) is 20.2. The van der Waals surface area contributed by atoms with Gasteiger partial charge in [0.15, 0.2) is 6.33 Å². The van der Waals surface area contributed by atoms with Gasteiger partial charge in [-0.1, -0.05) is 23.7 Å². The first-order valence-corrected chi connectivity index (χ1v) is 7.02. The molecule has 2 N–H and O–H groups in total. The van der Waals surface area contributed by atoms with Crippen molar-refractivity contribution in [3.63, 3.8) is 0 Å². The number of rotatable bonds is 7. The van der Waals surface area contributed by atoms with Gasteiger partial charge >= 0.3 is 0 Å². The van der Waals surface area contributed by atoms with Crippen LogP contribution in [-0.2, 0) is 6.42 Å². The summed E-state index contributed by atoms with van der Waals surface area (Å²) in [5.41, 5.74) is 0.197. The zero-order chi connectivity index (χ0) is 15.1. The molecule has 0 bridgehead atoms. The number of nitrogens with zero attached hydrogens (tertiary/aromatic N) is 3. The number of halogens is 1. The second-order valence-electron chi connectivity index (χ2n) is 4.29. The third-order valence-corrected chi connectivity index (χ3v) is 2.95. The van der Waals surface area contributed by atoms with Crippen LogP contribution in [0.25, 0.3) is 0 Å². The topological polar surface area (TPSA) is 92.9 Å². The molecule has 0 saturated heterocycles. The molecule has 0 aromatic carbocycles. The van der Waals surface area contributed by atoms with E-state index in [1.807, 2.05) is 6.92 Å². The molecule has 2 rings (SSSR count). The quantitative estimate of drug-likeness (QED) is 0.811. The molecule has 0 aliphatic carbocycles. The van der Waals surface area contributed by atoms with E-state index in [2.05, 4.69) is 25.8 Å². The lowest BCUT2D eigenvalue weighted by molar-refractivity contribution is 0.0948. The Morgan fingerprint density at radius 3 is 2.95 bits per heavy atom. The van der Waals surface area contributed by atoms with E-state index in [1.165, 1.54) is 6.33 Å². The molecule has 7 nitrogen and oxygen atoms in total. The Morgan fingerprint density at radius 2 is 2.24 bits per heavy atom. The number of hydrogen-bond donors (Lipinski definition) is 2. The Bertz CT molecular complexity index is 588. The Hall–Kier alpha value is -2.15. The first-order chi connectivity index (χ1) is 10.2. The van der Waals surface area contributed by atoms with Gasteiger partial charge in [-0.15, -0.1) is 0 Å². The van der Waals surface area contributed by atoms with Crippen LogP contribution >= 0.6 is 11.6 Å². The summed E-state index contributed by atoms with van der Waals surface area (Å²) in [7, 11) is 0. The molecule has 1 amide bonds. The molecule has 21 heavy (non-hydrogen) atoms. The number of aromatic nitrogens is 3. The van der Waals surface area contributed by atoms with Crippen LogP contribution in [0.3, 0.4) is 0 Å². The number of hydrogen-bond acceptors (Lipinski definition) is 6. The fraction of sp³-hybridized carbons (Fsp3) is 0.385. The monoisotopic (exact) mass is 309 g/mol. The molecule has 2 aromatic rings. The van der Waals surface area contributed by atoms with Crippen LogP contribution in [0.15, 0.2) is 23.0 Å². The molecule has 2 aromatic heterocycles. The minimum Gasteiger partial charge on any atom is -0.370 e. The van der Waals surface area contributed by atoms with E-state index in [1.54, 1.807) is 12.1 Å². The predicted molar refractivity (Wildman–Crippen MR) is 78.4 cm³/mol. The van der Waals surface area contributed by atoms with Gasteiger partial charge < -0.3 is 15.2 Å². The highest BCUT2D eigenvalue weighted by Crippen LogP contribution is 2.16. The van der Waals surface area contributed by atoms with Gasteiger partial charge in [-0.05, 0) is 18.6 Å². The molecule has 0 radical (unpaired) electrons. The average molecular weight is 310 g/mol. The third-order valence-electron chi connectivity index (χ3n) is 2.65. The van der Waals surface area contributed by atoms with Gasteiger partial charge in [0, 0.05) is 19.5 Å². The largest absolute Gasteiger partial charge is 0.370 e. The molecule has 0 atom stereocenters. The van der Waals surface area contributed by atoms with E-state index in [4.69, 9.17) is 16.1 Å². The SMILES string of the molecule is CCCNc1ccc(Cl)c(C(=O)NCCc2ncno2)n1. The number of nitrogens with one attached hydrogen (secondary N) is 2. The molecule has 0 fully saturated rings. The second kappa shape index (κ2) is 7.58. The number of anilines is 1. The summed E-state index contributed by atoms with van der Waals surface area (Å²) in [6.07, 6.45) is 2.74. The fourth-order valence-corrected chi connectivity index (χ4v) is 1.82. The maximum Gasteiger partial charge on any atom is 0.271 e. The van der Waals surface area contributed by atoms with Crippen LogP contribution in [0.5, 0.6) is 0 Å². The number of carbonyl (C=O) groups excluding carboxylic acids is 1. The smallest absolute Gasteiger partial charge is 0.271 e. The van der Waals surface area contributed by atoms with Crippen LogP contribution in [0, 0.1) is 0 Å². The van der Waals surface area contributed by atoms with Crippen molar-refractivity contribution in [1.29, 1.82) is 0 Å². The van der Waals surface area contributed by atoms with Crippen molar-refractivity contribution in [3.8, 4) is 0 Å². The Kier molecular flexibility index (Phi) is 5.51. The van der Waals surface area contributed by atoms with Crippen molar-refractivity contribution in [2.75, 3.05) is 18.4 Å². The Morgan fingerprint density at radius 1 is 1.38 bits per heavy atom. The van der Waals surface area contributed by atoms with Gasteiger partial charge in [0.25, 0.3) is 5.91 Å². The number of carbonyl (C=O) groups is 1. The summed E-state index contributed by atoms with van der Waals surface area (Å²) in [6.45, 7) is 3.20. The first-order valence-electron chi connectivity index (χ1n) is 6.65. The normalized spacial score (nSPS) is 10.4. The minimum absolute atomic E-state index is 0.197. The van der Waals surface area contributed by atoms with Gasteiger partial charge in [-0.3, -0.25) is 4.79 Å². The second-order valence-corrected chi connectivity index (χ2v) is 4.70. The Labute approximate surface area is 127 Å². The molecular weight excluding hydrogens is 294 g/mol. The van der Waals surface area contributed by atoms with Crippen LogP contribution < -0.4 is 10.6 Å². The lowest BCUT2D eigenvalue weighted by Crippen LogP contribution is -2.27. The van der Waals surface area contributed by atoms with Crippen molar-refractivity contribution in [1.82, 2.24) is 20.4 Å². The maximum absolute atomic E-state index is 12.1. The van der Waals surface area contributed by atoms with Gasteiger partial charge in [0.2, 0.25) is 5.89 Å². The summed E-state index contributed by atoms with van der Waals surface area (Å²) in [5.74, 6) is 0.760. The summed E-state index contributed by atoms with van der Waals surface area (Å²) in [6, 6.07) is 3.40. The van der Waals surface area contributed by atoms with E-state index < -0.39 is 0 Å². The highest BCUT2D eigenvalue weighted by molar-refractivity contribution is 6.33. The molecule has 0 unspecified atom stereocenters. The van der Waals surface area contributed by atoms with E-state index in [-0.39, 0.29) is 11.6 Å². The summed E-state index contributed by atoms with van der Waals surface area (Å²) < 4.78 is 4.84. The summed E-state index contributed by atoms with van der Waals surface area (Å²) >= 11 is 6.01. The maximum atomic E-state index is 12.1. The lowest BCUT2D eigenvalue weighted by Gasteiger charge is -2.08. The fourth-order valence-electron chi connectivity index (χ4n) is 1.63. The van der Waals surface area contributed by atoms with Crippen LogP contribution in [0.1, 0.15) is 29.7 Å². The van der Waals surface area contributed by atoms with E-state index in [9.17, 15) is 4.79 Å². The van der Waals surface area contributed by atoms with Crippen LogP contribution in [-0.4, -0.2) is 34.1 Å². The standard InChI is InChI=1S/C13H16ClN5O2/c1-2-6-15-10-4-3-9(14)12(19-10)13(20)16-7-5-11-17-8-18-21-11/h3-4,8H,2,5-7H2,1H3,(H,15,19)(H,16,20). The predicted octanol–water partition coefficient (Wildman–Crippen LogP) is 1.91. The molecule has 8 heteroatoms. The zero-order valence-corrected chi connectivity index (χ0v) is 12.4. The lowest BCUT2D eigenvalue weighted by atomic mass is 10.3. The number of amides is 1. The van der Waals surface area contributed by atoms with Crippen molar-refractivity contribution in [3.05, 3.63) is 35.1 Å². The van der Waals surface area contributed by atoms with Gasteiger partial charge in [0.05, 0.1) is 5.02 Å². The van der Waals surface area contributed by atoms with Gasteiger partial charge in [-0.2, -0.15) is 4.98 Å². The van der Waals surface area contributed by atoms with Crippen LogP contribution in [0.4, 0.5) is 5.82 Å². The van der Waals surface area contributed by atoms with Gasteiger partial charge in [-0.25, -0.2) is 4.98 Å². The highest BCUT2D eigenvalue weighted by atomic mass is 35.5. The molecule has 2 heterocycles. The van der Waals surface area contributed by atoms with Crippen molar-refractivity contribution >= 4 is 23.3 Å². The van der Waals surface area contributed by atoms with Crippen molar-refractivity contribution in [2.24, 2.45) is 0 Å². The van der Waals surface area contributed by atoms with Crippen molar-refractivity contribution < 1.29 is 9.32 Å². The molecule has 112 valence electrons. The van der Waals surface area contributed by atoms with E-state index >= 15 is 0 Å². The molecule has 0 spiro atoms. The average Bonchev–Trinajstić information content (AvgIpc) is 2.99. The third kappa shape index (κ3) is 4.42. The minimum atomic E-state index is -0.334. The van der Waals surface area contributed by atoms with E-state index in [0.29, 0.717) is 29.7 Å². The van der Waals surface area contributed by atoms with Crippen molar-refractivity contribution in [2.45, 2.75) is 19.8 Å². The summed E-state index contributed by atoms with van der Waals surface area (Å²) in [5, 5.41) is 9.64. The van der Waals surface area contributed by atoms with Crippen LogP contribution in [0.2, 0.25) is 5.02 Å². The molecular formula is C13H16ClN5O2. The Balaban J connectivity index is 1.94. The zero-order valence-electron chi connectivity index (χ0n) is 11.6. The number of pyridine rings is 1. The highest BCUT2D eigenvalue weighted by Gasteiger charge is 2.13. The molecule has 0 saturated carbocycles. The molecule has 0 aliphatic rings. The first kappa shape index (κ1) is 15.2. The van der Waals surface area contributed by atoms with Gasteiger partial charge in [0.1, 0.15) is 11.5 Å². The molecule has 0 aliphatic heterocycles.